The van der Waals surface area contributed by atoms with E-state index in [1.165, 1.54) is 0 Å². The van der Waals surface area contributed by atoms with Crippen molar-refractivity contribution in [2.45, 2.75) is 0 Å². The van der Waals surface area contributed by atoms with Crippen LogP contribution in [0.1, 0.15) is 0 Å². The maximum atomic E-state index is 9.24. The number of carboxylic acids is 1. The van der Waals surface area contributed by atoms with Crippen LogP contribution in [-0.2, 0) is 31.0 Å². The first-order valence-corrected chi connectivity index (χ1v) is 1.19. The van der Waals surface area contributed by atoms with Gasteiger partial charge >= 0.3 is 5.97 Å². The number of hydrogen-bond donors (Lipinski definition) is 2. The van der Waals surface area contributed by atoms with Crippen LogP contribution in [0.3, 0.4) is 0 Å². The molecule has 0 heterocycles. The standard InChI is InChI=1S/C2H5NO2.Al.4ClH.Zr.3H/c3-1-2(4)5;;;;;;;;;/h1,3H2,(H,4,5);;4*1H;;;;. The van der Waals surface area contributed by atoms with Gasteiger partial charge in [0.25, 0.3) is 0 Å². The van der Waals surface area contributed by atoms with Gasteiger partial charge in [0.2, 0.25) is 0 Å². The summed E-state index contributed by atoms with van der Waals surface area (Å²) >= 11 is 0. The molecule has 0 rings (SSSR count). The summed E-state index contributed by atoms with van der Waals surface area (Å²) in [4.78, 5) is 9.24. The Balaban J connectivity index is -0.00000000533. The average Bonchev–Trinajstić information content (AvgIpc) is 1.38. The van der Waals surface area contributed by atoms with E-state index in [0.717, 1.165) is 0 Å². The Kier molecular flexibility index (Phi) is 190. The molecule has 0 unspecified atom stereocenters. The Bertz CT molecular complexity index is 61.4. The van der Waals surface area contributed by atoms with Gasteiger partial charge in [0.05, 0.1) is 6.54 Å². The number of halogens is 4. The van der Waals surface area contributed by atoms with Gasteiger partial charge in [0, 0.05) is 26.2 Å². The Morgan fingerprint density at radius 3 is 1.27 bits per heavy atom. The fourth-order valence-corrected chi connectivity index (χ4v) is 0. The third kappa shape index (κ3) is 74.9. The van der Waals surface area contributed by atoms with Crippen molar-refractivity contribution < 1.29 is 36.1 Å². The second-order valence-corrected chi connectivity index (χ2v) is 0.598. The predicted molar refractivity (Wildman–Crippen MR) is 55.6 cm³/mol. The maximum absolute atomic E-state index is 9.24. The van der Waals surface area contributed by atoms with E-state index in [4.69, 9.17) is 5.11 Å². The third-order valence-electron chi connectivity index (χ3n) is 0.175. The van der Waals surface area contributed by atoms with Gasteiger partial charge in [-0.2, -0.15) is 0 Å². The molecular formula is C2H12AlCl4NO2Zr. The zero-order chi connectivity index (χ0) is 4.28. The predicted octanol–water partition coefficient (Wildman–Crippen LogP) is -0.470. The molecule has 3 N–H and O–H groups in total. The summed E-state index contributed by atoms with van der Waals surface area (Å²) in [5.41, 5.74) is 4.57. The second kappa shape index (κ2) is 40.3. The fraction of sp³-hybridized carbons (Fsp3) is 0.500. The van der Waals surface area contributed by atoms with E-state index in [1.54, 1.807) is 0 Å². The van der Waals surface area contributed by atoms with Gasteiger partial charge in [-0.3, -0.25) is 4.79 Å². The summed E-state index contributed by atoms with van der Waals surface area (Å²) in [6.45, 7) is -0.278. The molecule has 0 aromatic heterocycles. The Morgan fingerprint density at radius 2 is 1.27 bits per heavy atom. The fourth-order valence-electron chi connectivity index (χ4n) is 0. The second-order valence-electron chi connectivity index (χ2n) is 0.598. The van der Waals surface area contributed by atoms with E-state index < -0.39 is 5.97 Å². The van der Waals surface area contributed by atoms with Crippen molar-refractivity contribution in [1.82, 2.24) is 0 Å². The first-order valence-electron chi connectivity index (χ1n) is 1.19. The smallest absolute Gasteiger partial charge is 0.317 e. The summed E-state index contributed by atoms with van der Waals surface area (Å²) in [5, 5.41) is 7.60. The molecule has 0 saturated heterocycles. The van der Waals surface area contributed by atoms with E-state index >= 15 is 0 Å². The van der Waals surface area contributed by atoms with Crippen molar-refractivity contribution in [3.05, 3.63) is 0 Å². The topological polar surface area (TPSA) is 63.3 Å². The molecule has 0 aliphatic rings. The zero-order valence-corrected chi connectivity index (χ0v) is 10.5. The van der Waals surface area contributed by atoms with E-state index in [1.807, 2.05) is 0 Å². The molecule has 0 radical (unpaired) electrons. The van der Waals surface area contributed by atoms with Crippen LogP contribution in [0.15, 0.2) is 0 Å². The normalized spacial score (nSPS) is 3.36. The zero-order valence-electron chi connectivity index (χ0n) is 4.77. The van der Waals surface area contributed by atoms with Crippen LogP contribution in [0, 0.1) is 0 Å². The minimum absolute atomic E-state index is 0. The summed E-state index contributed by atoms with van der Waals surface area (Å²) in [5.74, 6) is -0.968. The molecule has 3 nitrogen and oxygen atoms in total. The quantitative estimate of drug-likeness (QED) is 0.634. The largest absolute Gasteiger partial charge is 0.480 e. The summed E-state index contributed by atoms with van der Waals surface area (Å²) in [6, 6.07) is 0. The van der Waals surface area contributed by atoms with Crippen LogP contribution in [0.5, 0.6) is 0 Å². The molecule has 0 aliphatic carbocycles. The van der Waals surface area contributed by atoms with Crippen molar-refractivity contribution >= 4 is 73.0 Å². The van der Waals surface area contributed by atoms with Gasteiger partial charge in [-0.25, -0.2) is 0 Å². The van der Waals surface area contributed by atoms with E-state index in [0.29, 0.717) is 0 Å². The van der Waals surface area contributed by atoms with Crippen molar-refractivity contribution in [3.8, 4) is 0 Å². The van der Waals surface area contributed by atoms with Gasteiger partial charge in [0.1, 0.15) is 0 Å². The molecule has 0 saturated carbocycles. The van der Waals surface area contributed by atoms with Crippen LogP contribution in [0.2, 0.25) is 0 Å². The van der Waals surface area contributed by atoms with Crippen molar-refractivity contribution in [2.75, 3.05) is 6.54 Å². The van der Waals surface area contributed by atoms with Crippen molar-refractivity contribution in [3.63, 3.8) is 0 Å². The molecule has 72 valence electrons. The molecular weight excluding hydrogens is 330 g/mol. The number of aliphatic carboxylic acids is 1. The van der Waals surface area contributed by atoms with Crippen LogP contribution >= 0.6 is 49.6 Å². The Hall–Kier alpha value is 2.01. The summed E-state index contributed by atoms with van der Waals surface area (Å²) in [7, 11) is 0. The number of hydrogen-bond acceptors (Lipinski definition) is 2. The van der Waals surface area contributed by atoms with Crippen LogP contribution < -0.4 is 5.73 Å². The summed E-state index contributed by atoms with van der Waals surface area (Å²) in [6.07, 6.45) is 0. The van der Waals surface area contributed by atoms with Crippen LogP contribution in [0.25, 0.3) is 0 Å². The van der Waals surface area contributed by atoms with Crippen LogP contribution in [-0.4, -0.2) is 35.0 Å². The van der Waals surface area contributed by atoms with E-state index in [-0.39, 0.29) is 99.7 Å². The van der Waals surface area contributed by atoms with Gasteiger partial charge < -0.3 is 10.8 Å². The Labute approximate surface area is 120 Å². The van der Waals surface area contributed by atoms with Gasteiger partial charge in [-0.15, -0.1) is 49.6 Å². The first kappa shape index (κ1) is 52.0. The molecule has 11 heavy (non-hydrogen) atoms. The summed E-state index contributed by atoms with van der Waals surface area (Å²) < 4.78 is 0. The van der Waals surface area contributed by atoms with Gasteiger partial charge in [-0.1, -0.05) is 0 Å². The molecule has 9 heteroatoms. The first-order chi connectivity index (χ1) is 2.27. The van der Waals surface area contributed by atoms with Crippen LogP contribution in [0.4, 0.5) is 0 Å². The molecule has 0 aromatic carbocycles. The molecule has 0 aromatic rings. The van der Waals surface area contributed by atoms with Gasteiger partial charge in [0.15, 0.2) is 17.4 Å². The minimum Gasteiger partial charge on any atom is -0.480 e. The molecule has 0 aliphatic heterocycles. The van der Waals surface area contributed by atoms with E-state index in [2.05, 4.69) is 5.73 Å². The number of nitrogens with two attached hydrogens (primary N) is 1. The van der Waals surface area contributed by atoms with Crippen molar-refractivity contribution in [2.24, 2.45) is 5.73 Å². The number of rotatable bonds is 1. The van der Waals surface area contributed by atoms with E-state index in [9.17, 15) is 4.79 Å². The molecule has 0 fully saturated rings. The minimum atomic E-state index is -0.968. The molecule has 0 bridgehead atoms. The molecule has 0 atom stereocenters. The van der Waals surface area contributed by atoms with Crippen molar-refractivity contribution in [1.29, 1.82) is 0 Å². The molecule has 0 spiro atoms. The number of carbonyl (C=O) groups is 1. The van der Waals surface area contributed by atoms with Gasteiger partial charge in [-0.05, 0) is 0 Å². The average molecular weight is 342 g/mol. The number of carboxylic acid groups (broad SMARTS) is 1. The maximum Gasteiger partial charge on any atom is 0.317 e. The Morgan fingerprint density at radius 1 is 1.18 bits per heavy atom. The monoisotopic (exact) mass is 339 g/mol. The SMILES string of the molecule is Cl.Cl.Cl.Cl.NCC(=O)O.[AlH3].[Zr]. The third-order valence-corrected chi connectivity index (χ3v) is 0.175. The molecule has 0 amide bonds.